The van der Waals surface area contributed by atoms with E-state index >= 15 is 0 Å². The average Bonchev–Trinajstić information content (AvgIpc) is 2.49. The molecule has 0 aliphatic heterocycles. The van der Waals surface area contributed by atoms with Crippen molar-refractivity contribution < 1.29 is 0 Å². The lowest BCUT2D eigenvalue weighted by Crippen LogP contribution is -1.86. The predicted molar refractivity (Wildman–Crippen MR) is 76.7 cm³/mol. The number of hydrogen-bond acceptors (Lipinski definition) is 2. The fourth-order valence-corrected chi connectivity index (χ4v) is 1.91. The second-order valence-electron chi connectivity index (χ2n) is 4.12. The minimum absolute atomic E-state index is 0.798. The minimum atomic E-state index is 0.798. The summed E-state index contributed by atoms with van der Waals surface area (Å²) < 4.78 is 0. The molecule has 3 aromatic rings. The summed E-state index contributed by atoms with van der Waals surface area (Å²) in [6.45, 7) is 0. The molecule has 0 fully saturated rings. The molecule has 0 unspecified atom stereocenters. The molecule has 0 spiro atoms. The van der Waals surface area contributed by atoms with Crippen LogP contribution in [0.1, 0.15) is 0 Å². The van der Waals surface area contributed by atoms with Gasteiger partial charge < -0.3 is 0 Å². The van der Waals surface area contributed by atoms with Crippen molar-refractivity contribution in [3.63, 3.8) is 0 Å². The third kappa shape index (κ3) is 2.60. The Hall–Kier alpha value is -2.68. The van der Waals surface area contributed by atoms with Gasteiger partial charge in [-0.1, -0.05) is 54.6 Å². The van der Waals surface area contributed by atoms with Crippen molar-refractivity contribution >= 4 is 22.1 Å². The van der Waals surface area contributed by atoms with Crippen LogP contribution < -0.4 is 5.43 Å². The summed E-state index contributed by atoms with van der Waals surface area (Å²) in [5, 5.41) is 10.2. The molecule has 0 bridgehead atoms. The second kappa shape index (κ2) is 5.31. The van der Waals surface area contributed by atoms with Gasteiger partial charge in [-0.15, -0.1) is 10.5 Å². The zero-order chi connectivity index (χ0) is 12.9. The summed E-state index contributed by atoms with van der Waals surface area (Å²) in [5.41, 5.74) is 5.82. The van der Waals surface area contributed by atoms with E-state index in [-0.39, 0.29) is 0 Å². The molecular weight excluding hydrogens is 234 g/mol. The Bertz CT molecular complexity index is 700. The van der Waals surface area contributed by atoms with Crippen LogP contribution in [-0.2, 0) is 0 Å². The first-order valence-electron chi connectivity index (χ1n) is 6.08. The van der Waals surface area contributed by atoms with Crippen LogP contribution in [0.4, 0.5) is 11.4 Å². The molecule has 0 N–H and O–H groups in total. The van der Waals surface area contributed by atoms with E-state index < -0.39 is 0 Å². The Morgan fingerprint density at radius 3 is 2.26 bits per heavy atom. The number of hydrogen-bond donors (Lipinski definition) is 0. The molecule has 0 amide bonds. The average molecular weight is 246 g/mol. The van der Waals surface area contributed by atoms with Gasteiger partial charge in [-0.25, -0.2) is 0 Å². The molecule has 3 aromatic carbocycles. The van der Waals surface area contributed by atoms with Gasteiger partial charge in [0.2, 0.25) is 0 Å². The zero-order valence-electron chi connectivity index (χ0n) is 10.3. The highest BCUT2D eigenvalue weighted by Crippen LogP contribution is 2.23. The molecule has 0 aliphatic carbocycles. The van der Waals surface area contributed by atoms with Gasteiger partial charge in [0.1, 0.15) is 0 Å². The molecular formula is C16H12N3. The van der Waals surface area contributed by atoms with Crippen LogP contribution in [0, 0.1) is 0 Å². The number of benzene rings is 3. The molecule has 0 atom stereocenters. The van der Waals surface area contributed by atoms with Gasteiger partial charge in [-0.2, -0.15) is 0 Å². The fraction of sp³-hybridized carbons (Fsp3) is 0. The number of fused-ring (bicyclic) bond motifs is 1. The third-order valence-electron chi connectivity index (χ3n) is 2.84. The molecule has 0 aromatic heterocycles. The van der Waals surface area contributed by atoms with Crippen molar-refractivity contribution in [3.8, 4) is 0 Å². The van der Waals surface area contributed by atoms with Crippen LogP contribution in [0.5, 0.6) is 0 Å². The Balaban J connectivity index is 1.84. The van der Waals surface area contributed by atoms with E-state index in [2.05, 4.69) is 27.9 Å². The van der Waals surface area contributed by atoms with Gasteiger partial charge in [0.15, 0.2) is 0 Å². The molecule has 0 saturated heterocycles. The number of rotatable bonds is 3. The summed E-state index contributed by atoms with van der Waals surface area (Å²) in [7, 11) is 0. The fourth-order valence-electron chi connectivity index (χ4n) is 1.91. The molecule has 3 nitrogen and oxygen atoms in total. The predicted octanol–water partition coefficient (Wildman–Crippen LogP) is 4.77. The largest absolute Gasteiger partial charge is 0.131 e. The van der Waals surface area contributed by atoms with Crippen molar-refractivity contribution in [1.82, 2.24) is 5.43 Å². The lowest BCUT2D eigenvalue weighted by molar-refractivity contribution is 0.872. The van der Waals surface area contributed by atoms with E-state index in [4.69, 9.17) is 0 Å². The summed E-state index contributed by atoms with van der Waals surface area (Å²) in [6, 6.07) is 23.6. The first-order chi connectivity index (χ1) is 9.43. The first kappa shape index (κ1) is 11.4. The van der Waals surface area contributed by atoms with E-state index in [1.165, 1.54) is 0 Å². The van der Waals surface area contributed by atoms with Crippen molar-refractivity contribution in [3.05, 3.63) is 72.8 Å². The lowest BCUT2D eigenvalue weighted by Gasteiger charge is -2.01. The molecule has 1 radical (unpaired) electrons. The Morgan fingerprint density at radius 2 is 1.37 bits per heavy atom. The first-order valence-corrected chi connectivity index (χ1v) is 6.08. The van der Waals surface area contributed by atoms with Crippen LogP contribution in [0.2, 0.25) is 0 Å². The Kier molecular flexibility index (Phi) is 3.19. The minimum Gasteiger partial charge on any atom is -0.131 e. The molecule has 0 saturated carbocycles. The second-order valence-corrected chi connectivity index (χ2v) is 4.12. The summed E-state index contributed by atoms with van der Waals surface area (Å²) in [4.78, 5) is 0. The number of nitrogens with zero attached hydrogens (tertiary/aromatic N) is 3. The topological polar surface area (TPSA) is 38.8 Å². The quantitative estimate of drug-likeness (QED) is 0.471. The zero-order valence-corrected chi connectivity index (χ0v) is 10.3. The van der Waals surface area contributed by atoms with Crippen LogP contribution in [0.15, 0.2) is 83.1 Å². The monoisotopic (exact) mass is 246 g/mol. The maximum Gasteiger partial charge on any atom is 0.0953 e. The van der Waals surface area contributed by atoms with Gasteiger partial charge in [0, 0.05) is 5.39 Å². The molecule has 91 valence electrons. The van der Waals surface area contributed by atoms with Crippen molar-refractivity contribution in [2.24, 2.45) is 10.3 Å². The van der Waals surface area contributed by atoms with Gasteiger partial charge >= 0.3 is 0 Å². The summed E-state index contributed by atoms with van der Waals surface area (Å²) in [6.07, 6.45) is 0. The van der Waals surface area contributed by atoms with Gasteiger partial charge in [-0.3, -0.25) is 0 Å². The van der Waals surface area contributed by atoms with E-state index in [1.54, 1.807) is 0 Å². The van der Waals surface area contributed by atoms with E-state index in [0.717, 1.165) is 22.1 Å². The highest BCUT2D eigenvalue weighted by molar-refractivity contribution is 5.91. The van der Waals surface area contributed by atoms with Crippen LogP contribution >= 0.6 is 0 Å². The lowest BCUT2D eigenvalue weighted by atomic mass is 10.1. The summed E-state index contributed by atoms with van der Waals surface area (Å²) in [5.74, 6) is 0. The third-order valence-corrected chi connectivity index (χ3v) is 2.84. The maximum absolute atomic E-state index is 4.19. The maximum atomic E-state index is 4.19. The van der Waals surface area contributed by atoms with Crippen LogP contribution in [0.3, 0.4) is 0 Å². The molecule has 19 heavy (non-hydrogen) atoms. The molecule has 0 heterocycles. The van der Waals surface area contributed by atoms with Gasteiger partial charge in [0.25, 0.3) is 0 Å². The Morgan fingerprint density at radius 1 is 0.632 bits per heavy atom. The molecule has 3 heteroatoms. The normalized spacial score (nSPS) is 10.9. The SMILES string of the molecule is c1ccc(/N=N/[N]c2cccc3ccccc23)cc1. The smallest absolute Gasteiger partial charge is 0.0953 e. The highest BCUT2D eigenvalue weighted by atomic mass is 15.4. The van der Waals surface area contributed by atoms with E-state index in [9.17, 15) is 0 Å². The van der Waals surface area contributed by atoms with Crippen molar-refractivity contribution in [1.29, 1.82) is 0 Å². The van der Waals surface area contributed by atoms with E-state index in [1.807, 2.05) is 60.7 Å². The van der Waals surface area contributed by atoms with Crippen LogP contribution in [0.25, 0.3) is 10.8 Å². The van der Waals surface area contributed by atoms with Crippen LogP contribution in [-0.4, -0.2) is 0 Å². The van der Waals surface area contributed by atoms with E-state index in [0.29, 0.717) is 0 Å². The standard InChI is InChI=1S/C16H12N3/c1-2-9-14(10-3-1)17-19-18-16-12-6-8-13-7-4-5-11-15(13)16/h1-12H/b19-17+. The van der Waals surface area contributed by atoms with Gasteiger partial charge in [-0.05, 0) is 28.8 Å². The van der Waals surface area contributed by atoms with Crippen molar-refractivity contribution in [2.45, 2.75) is 0 Å². The summed E-state index contributed by atoms with van der Waals surface area (Å²) >= 11 is 0. The molecule has 3 rings (SSSR count). The highest BCUT2D eigenvalue weighted by Gasteiger charge is 1.99. The Labute approximate surface area is 111 Å². The van der Waals surface area contributed by atoms with Gasteiger partial charge in [0.05, 0.1) is 11.4 Å². The molecule has 0 aliphatic rings. The van der Waals surface area contributed by atoms with Crippen molar-refractivity contribution in [2.75, 3.05) is 0 Å².